The van der Waals surface area contributed by atoms with Gasteiger partial charge in [0.15, 0.2) is 5.58 Å². The van der Waals surface area contributed by atoms with Crippen molar-refractivity contribution in [1.82, 2.24) is 0 Å². The van der Waals surface area contributed by atoms with Crippen LogP contribution in [0.4, 0.5) is 17.1 Å². The number of thiophene rings is 1. The number of fused-ring (bicyclic) bond motifs is 6. The van der Waals surface area contributed by atoms with Gasteiger partial charge in [0.25, 0.3) is 0 Å². The van der Waals surface area contributed by atoms with Crippen LogP contribution in [0.1, 0.15) is 26.3 Å². The molecule has 0 radical (unpaired) electrons. The second-order valence-corrected chi connectivity index (χ2v) is 13.2. The van der Waals surface area contributed by atoms with E-state index in [0.717, 1.165) is 39.0 Å². The number of furan rings is 1. The average Bonchev–Trinajstić information content (AvgIpc) is 3.61. The molecule has 0 aliphatic carbocycles. The fraction of sp³-hybridized carbons (Fsp3) is 0.100. The van der Waals surface area contributed by atoms with Crippen molar-refractivity contribution < 1.29 is 4.42 Å². The quantitative estimate of drug-likeness (QED) is 0.208. The van der Waals surface area contributed by atoms with Crippen molar-refractivity contribution in [3.63, 3.8) is 0 Å². The first-order valence-electron chi connectivity index (χ1n) is 14.8. The summed E-state index contributed by atoms with van der Waals surface area (Å²) in [6, 6.07) is 47.9. The molecule has 0 spiro atoms. The predicted octanol–water partition coefficient (Wildman–Crippen LogP) is 12.4. The molecule has 208 valence electrons. The molecule has 6 aromatic carbocycles. The van der Waals surface area contributed by atoms with E-state index < -0.39 is 0 Å². The zero-order valence-electron chi connectivity index (χ0n) is 24.5. The molecule has 8 rings (SSSR count). The molecule has 0 saturated heterocycles. The van der Waals surface area contributed by atoms with Crippen LogP contribution in [-0.2, 0) is 5.41 Å². The molecule has 2 aromatic heterocycles. The normalized spacial score (nSPS) is 12.1. The smallest absolute Gasteiger partial charge is 0.159 e. The minimum absolute atomic E-state index is 0.0385. The lowest BCUT2D eigenvalue weighted by Gasteiger charge is -2.26. The van der Waals surface area contributed by atoms with Crippen molar-refractivity contribution >= 4 is 70.5 Å². The maximum atomic E-state index is 6.89. The van der Waals surface area contributed by atoms with Crippen molar-refractivity contribution in [3.05, 3.63) is 139 Å². The van der Waals surface area contributed by atoms with Crippen LogP contribution in [0.5, 0.6) is 0 Å². The Morgan fingerprint density at radius 2 is 1.12 bits per heavy atom. The second-order valence-electron chi connectivity index (χ2n) is 12.2. The van der Waals surface area contributed by atoms with E-state index in [1.165, 1.54) is 36.9 Å². The maximum absolute atomic E-state index is 6.89. The van der Waals surface area contributed by atoms with Gasteiger partial charge in [-0.3, -0.25) is 0 Å². The molecule has 2 nitrogen and oxygen atoms in total. The highest BCUT2D eigenvalue weighted by Crippen LogP contribution is 2.48. The van der Waals surface area contributed by atoms with Crippen LogP contribution < -0.4 is 4.90 Å². The monoisotopic (exact) mass is 573 g/mol. The highest BCUT2D eigenvalue weighted by Gasteiger charge is 2.25. The standard InChI is InChI=1S/C40H31NOS/c1-40(2,3)33-18-9-15-30-31-16-10-19-34(38(31)42-37(30)33)41(28-24-22-27(23-25-28)26-12-5-4-6-13-26)35-20-11-17-32-29-14-7-8-21-36(29)43-39(32)35/h4-25H,1-3H3. The van der Waals surface area contributed by atoms with Gasteiger partial charge < -0.3 is 9.32 Å². The average molecular weight is 574 g/mol. The van der Waals surface area contributed by atoms with E-state index in [1.807, 2.05) is 11.3 Å². The molecule has 0 aliphatic heterocycles. The molecule has 0 aliphatic rings. The molecule has 2 heterocycles. The minimum Gasteiger partial charge on any atom is -0.454 e. The number of hydrogen-bond donors (Lipinski definition) is 0. The van der Waals surface area contributed by atoms with Crippen LogP contribution >= 0.6 is 11.3 Å². The Kier molecular flexibility index (Phi) is 5.92. The van der Waals surface area contributed by atoms with E-state index in [-0.39, 0.29) is 5.41 Å². The predicted molar refractivity (Wildman–Crippen MR) is 185 cm³/mol. The molecule has 0 amide bonds. The number of nitrogens with zero attached hydrogens (tertiary/aromatic N) is 1. The first kappa shape index (κ1) is 25.8. The number of anilines is 3. The molecule has 8 aromatic rings. The first-order chi connectivity index (χ1) is 21.0. The summed E-state index contributed by atoms with van der Waals surface area (Å²) in [7, 11) is 0. The van der Waals surface area contributed by atoms with Gasteiger partial charge in [-0.2, -0.15) is 0 Å². The summed E-state index contributed by atoms with van der Waals surface area (Å²) in [6.45, 7) is 6.75. The van der Waals surface area contributed by atoms with Gasteiger partial charge in [-0.1, -0.05) is 124 Å². The fourth-order valence-corrected chi connectivity index (χ4v) is 7.53. The van der Waals surface area contributed by atoms with Crippen LogP contribution in [0.3, 0.4) is 0 Å². The molecule has 0 fully saturated rings. The van der Waals surface area contributed by atoms with E-state index in [9.17, 15) is 0 Å². The molecule has 43 heavy (non-hydrogen) atoms. The van der Waals surface area contributed by atoms with Gasteiger partial charge in [-0.25, -0.2) is 0 Å². The van der Waals surface area contributed by atoms with Crippen LogP contribution in [0.15, 0.2) is 138 Å². The number of hydrogen-bond acceptors (Lipinski definition) is 3. The molecule has 0 N–H and O–H groups in total. The SMILES string of the molecule is CC(C)(C)c1cccc2c1oc1c(N(c3ccc(-c4ccccc4)cc3)c3cccc4c3sc3ccccc34)cccc12. The van der Waals surface area contributed by atoms with Gasteiger partial charge in [-0.05, 0) is 46.9 Å². The largest absolute Gasteiger partial charge is 0.454 e. The Labute approximate surface area is 255 Å². The minimum atomic E-state index is -0.0385. The Balaban J connectivity index is 1.41. The zero-order valence-corrected chi connectivity index (χ0v) is 25.3. The maximum Gasteiger partial charge on any atom is 0.159 e. The molecular formula is C40H31NOS. The van der Waals surface area contributed by atoms with Crippen LogP contribution in [0.2, 0.25) is 0 Å². The first-order valence-corrected chi connectivity index (χ1v) is 15.6. The van der Waals surface area contributed by atoms with E-state index >= 15 is 0 Å². The van der Waals surface area contributed by atoms with Gasteiger partial charge in [0.2, 0.25) is 0 Å². The summed E-state index contributed by atoms with van der Waals surface area (Å²) >= 11 is 1.85. The van der Waals surface area contributed by atoms with Crippen LogP contribution in [0, 0.1) is 0 Å². The molecule has 0 saturated carbocycles. The summed E-state index contributed by atoms with van der Waals surface area (Å²) in [5.41, 5.74) is 8.73. The Bertz CT molecular complexity index is 2270. The molecule has 3 heteroatoms. The fourth-order valence-electron chi connectivity index (χ4n) is 6.32. The number of benzene rings is 6. The van der Waals surface area contributed by atoms with Crippen molar-refractivity contribution in [3.8, 4) is 11.1 Å². The second kappa shape index (κ2) is 9.86. The third kappa shape index (κ3) is 4.23. The lowest BCUT2D eigenvalue weighted by atomic mass is 9.86. The molecule has 0 bridgehead atoms. The Hall–Kier alpha value is -4.86. The Morgan fingerprint density at radius 1 is 0.512 bits per heavy atom. The summed E-state index contributed by atoms with van der Waals surface area (Å²) in [5.74, 6) is 0. The van der Waals surface area contributed by atoms with E-state index in [1.54, 1.807) is 0 Å². The van der Waals surface area contributed by atoms with Gasteiger partial charge in [0.1, 0.15) is 5.58 Å². The van der Waals surface area contributed by atoms with Crippen molar-refractivity contribution in [2.45, 2.75) is 26.2 Å². The third-order valence-corrected chi connectivity index (χ3v) is 9.62. The van der Waals surface area contributed by atoms with Crippen molar-refractivity contribution in [2.75, 3.05) is 4.90 Å². The summed E-state index contributed by atoms with van der Waals surface area (Å²) < 4.78 is 9.45. The van der Waals surface area contributed by atoms with Gasteiger partial charge in [-0.15, -0.1) is 11.3 Å². The van der Waals surface area contributed by atoms with E-state index in [0.29, 0.717) is 0 Å². The van der Waals surface area contributed by atoms with Crippen LogP contribution in [0.25, 0.3) is 53.2 Å². The molecule has 0 atom stereocenters. The Morgan fingerprint density at radius 3 is 1.88 bits per heavy atom. The molecular weight excluding hydrogens is 543 g/mol. The van der Waals surface area contributed by atoms with Gasteiger partial charge in [0.05, 0.1) is 16.1 Å². The highest BCUT2D eigenvalue weighted by atomic mass is 32.1. The van der Waals surface area contributed by atoms with Crippen molar-refractivity contribution in [1.29, 1.82) is 0 Å². The summed E-state index contributed by atoms with van der Waals surface area (Å²) in [5, 5.41) is 4.85. The van der Waals surface area contributed by atoms with Crippen LogP contribution in [-0.4, -0.2) is 0 Å². The van der Waals surface area contributed by atoms with Gasteiger partial charge >= 0.3 is 0 Å². The summed E-state index contributed by atoms with van der Waals surface area (Å²) in [4.78, 5) is 2.38. The zero-order chi connectivity index (χ0) is 29.1. The number of rotatable bonds is 4. The van der Waals surface area contributed by atoms with E-state index in [2.05, 4.69) is 159 Å². The topological polar surface area (TPSA) is 16.4 Å². The lowest BCUT2D eigenvalue weighted by Crippen LogP contribution is -2.11. The lowest BCUT2D eigenvalue weighted by molar-refractivity contribution is 0.573. The highest BCUT2D eigenvalue weighted by molar-refractivity contribution is 7.26. The van der Waals surface area contributed by atoms with E-state index in [4.69, 9.17) is 4.42 Å². The number of para-hydroxylation sites is 2. The third-order valence-electron chi connectivity index (χ3n) is 8.41. The van der Waals surface area contributed by atoms with Crippen molar-refractivity contribution in [2.24, 2.45) is 0 Å². The van der Waals surface area contributed by atoms with Gasteiger partial charge in [0, 0.05) is 37.5 Å². The summed E-state index contributed by atoms with van der Waals surface area (Å²) in [6.07, 6.45) is 0. The molecule has 0 unspecified atom stereocenters.